The molecule has 152 valence electrons. The maximum atomic E-state index is 14.0. The first-order valence-electron chi connectivity index (χ1n) is 9.79. The maximum absolute atomic E-state index is 14.0. The molecular weight excluding hydrogens is 371 g/mol. The average molecular weight is 396 g/mol. The number of aliphatic imine (C=N–C) groups is 2. The number of aryl methyl sites for hydroxylation is 1. The van der Waals surface area contributed by atoms with Crippen LogP contribution in [0.3, 0.4) is 0 Å². The number of guanidine groups is 2. The molecule has 0 radical (unpaired) electrons. The summed E-state index contributed by atoms with van der Waals surface area (Å²) in [5.74, 6) is 0.494. The molecule has 0 spiro atoms. The molecule has 0 amide bonds. The first-order chi connectivity index (χ1) is 14.1. The fourth-order valence-electron chi connectivity index (χ4n) is 3.43. The molecule has 0 aromatic heterocycles. The van der Waals surface area contributed by atoms with Gasteiger partial charge in [0.25, 0.3) is 0 Å². The van der Waals surface area contributed by atoms with Crippen LogP contribution in [0, 0.1) is 5.82 Å². The Hall–Kier alpha value is -3.13. The topological polar surface area (TPSA) is 78.5 Å². The third-order valence-electron chi connectivity index (χ3n) is 4.97. The van der Waals surface area contributed by atoms with Crippen LogP contribution in [-0.4, -0.2) is 49.4 Å². The highest BCUT2D eigenvalue weighted by Gasteiger charge is 2.32. The highest BCUT2D eigenvalue weighted by Crippen LogP contribution is 2.25. The highest BCUT2D eigenvalue weighted by atomic mass is 19.1. The zero-order chi connectivity index (χ0) is 20.2. The Morgan fingerprint density at radius 1 is 1.17 bits per heavy atom. The number of hydrogen-bond acceptors (Lipinski definition) is 7. The Labute approximate surface area is 169 Å². The van der Waals surface area contributed by atoms with Gasteiger partial charge in [-0.3, -0.25) is 4.90 Å². The molecule has 2 aliphatic rings. The van der Waals surface area contributed by atoms with E-state index in [0.717, 1.165) is 12.1 Å². The summed E-state index contributed by atoms with van der Waals surface area (Å²) in [5, 5.41) is 3.40. The molecule has 1 saturated heterocycles. The molecule has 0 aliphatic carbocycles. The molecule has 4 rings (SSSR count). The van der Waals surface area contributed by atoms with E-state index in [1.807, 2.05) is 23.1 Å². The van der Waals surface area contributed by atoms with Gasteiger partial charge in [0.05, 0.1) is 18.9 Å². The lowest BCUT2D eigenvalue weighted by molar-refractivity contribution is 0.0671. The third-order valence-corrected chi connectivity index (χ3v) is 4.97. The number of hydrogen-bond donors (Lipinski definition) is 2. The second-order valence-corrected chi connectivity index (χ2v) is 6.92. The summed E-state index contributed by atoms with van der Waals surface area (Å²) in [5.41, 5.74) is 8.85. The normalized spacial score (nSPS) is 19.6. The number of nitrogens with two attached hydrogens (primary N) is 1. The van der Waals surface area contributed by atoms with E-state index in [1.54, 1.807) is 6.07 Å². The highest BCUT2D eigenvalue weighted by molar-refractivity contribution is 6.06. The predicted octanol–water partition coefficient (Wildman–Crippen LogP) is 2.61. The van der Waals surface area contributed by atoms with Gasteiger partial charge in [0.1, 0.15) is 5.82 Å². The summed E-state index contributed by atoms with van der Waals surface area (Å²) in [6.45, 7) is 4.67. The average Bonchev–Trinajstić information content (AvgIpc) is 2.74. The number of nitrogens with one attached hydrogen (secondary N) is 1. The Morgan fingerprint density at radius 2 is 1.93 bits per heavy atom. The van der Waals surface area contributed by atoms with E-state index < -0.39 is 6.29 Å². The lowest BCUT2D eigenvalue weighted by atomic mass is 10.1. The minimum absolute atomic E-state index is 0.182. The number of nitrogens with zero attached hydrogens (tertiary/aromatic N) is 4. The lowest BCUT2D eigenvalue weighted by Crippen LogP contribution is -2.57. The number of halogens is 1. The summed E-state index contributed by atoms with van der Waals surface area (Å²) in [4.78, 5) is 12.9. The standard InChI is InChI=1S/C21H25FN6O/c1-2-15-6-8-17(9-7-15)24-20-25-19(23)26-21(27-10-12-29-13-11-27)28(20)18-5-3-4-16(22)14-18/h3-9,14,20,24H,2,10-13H2,1H3,(H2,23,25). The molecule has 2 heterocycles. The summed E-state index contributed by atoms with van der Waals surface area (Å²) in [6.07, 6.45) is 0.414. The molecular formula is C21H25FN6O. The number of morpholine rings is 1. The molecule has 0 bridgehead atoms. The predicted molar refractivity (Wildman–Crippen MR) is 114 cm³/mol. The van der Waals surface area contributed by atoms with Gasteiger partial charge in [0.15, 0.2) is 0 Å². The van der Waals surface area contributed by atoms with Crippen LogP contribution in [0.2, 0.25) is 0 Å². The quantitative estimate of drug-likeness (QED) is 0.831. The van der Waals surface area contributed by atoms with Gasteiger partial charge in [-0.25, -0.2) is 9.38 Å². The molecule has 8 heteroatoms. The molecule has 1 unspecified atom stereocenters. The van der Waals surface area contributed by atoms with Gasteiger partial charge in [-0.1, -0.05) is 25.1 Å². The van der Waals surface area contributed by atoms with Gasteiger partial charge in [0, 0.05) is 18.8 Å². The maximum Gasteiger partial charge on any atom is 0.222 e. The van der Waals surface area contributed by atoms with Crippen molar-refractivity contribution < 1.29 is 9.13 Å². The summed E-state index contributed by atoms with van der Waals surface area (Å²) < 4.78 is 19.5. The van der Waals surface area contributed by atoms with E-state index in [9.17, 15) is 4.39 Å². The zero-order valence-corrected chi connectivity index (χ0v) is 16.4. The van der Waals surface area contributed by atoms with Gasteiger partial charge in [0.2, 0.25) is 18.2 Å². The van der Waals surface area contributed by atoms with Crippen LogP contribution in [0.5, 0.6) is 0 Å². The van der Waals surface area contributed by atoms with Crippen molar-refractivity contribution in [2.45, 2.75) is 19.6 Å². The van der Waals surface area contributed by atoms with Crippen LogP contribution in [-0.2, 0) is 11.2 Å². The molecule has 29 heavy (non-hydrogen) atoms. The molecule has 1 atom stereocenters. The first-order valence-corrected chi connectivity index (χ1v) is 9.79. The number of anilines is 2. The van der Waals surface area contributed by atoms with Crippen molar-refractivity contribution in [2.75, 3.05) is 36.5 Å². The second-order valence-electron chi connectivity index (χ2n) is 6.92. The Balaban J connectivity index is 1.69. The molecule has 7 nitrogen and oxygen atoms in total. The minimum Gasteiger partial charge on any atom is -0.378 e. The van der Waals surface area contributed by atoms with E-state index in [-0.39, 0.29) is 11.8 Å². The van der Waals surface area contributed by atoms with E-state index >= 15 is 0 Å². The summed E-state index contributed by atoms with van der Waals surface area (Å²) >= 11 is 0. The van der Waals surface area contributed by atoms with Gasteiger partial charge in [-0.15, -0.1) is 0 Å². The van der Waals surface area contributed by atoms with Crippen molar-refractivity contribution in [1.29, 1.82) is 0 Å². The van der Waals surface area contributed by atoms with Gasteiger partial charge < -0.3 is 20.7 Å². The van der Waals surface area contributed by atoms with Crippen LogP contribution in [0.4, 0.5) is 15.8 Å². The first kappa shape index (κ1) is 19.2. The van der Waals surface area contributed by atoms with Gasteiger partial charge in [-0.2, -0.15) is 4.99 Å². The molecule has 2 aromatic rings. The van der Waals surface area contributed by atoms with Crippen molar-refractivity contribution in [3.63, 3.8) is 0 Å². The van der Waals surface area contributed by atoms with Crippen molar-refractivity contribution in [3.05, 3.63) is 59.9 Å². The molecule has 2 aromatic carbocycles. The molecule has 3 N–H and O–H groups in total. The van der Waals surface area contributed by atoms with E-state index in [0.29, 0.717) is 38.0 Å². The number of rotatable bonds is 4. The van der Waals surface area contributed by atoms with Gasteiger partial charge >= 0.3 is 0 Å². The van der Waals surface area contributed by atoms with Crippen LogP contribution in [0.1, 0.15) is 12.5 Å². The van der Waals surface area contributed by atoms with E-state index in [1.165, 1.54) is 17.7 Å². The minimum atomic E-state index is -0.556. The molecule has 2 aliphatic heterocycles. The SMILES string of the molecule is CCc1ccc(NC2N=C(N)N=C(N3CCOCC3)N2c2cccc(F)c2)cc1. The smallest absolute Gasteiger partial charge is 0.222 e. The van der Waals surface area contributed by atoms with Crippen molar-refractivity contribution >= 4 is 23.3 Å². The zero-order valence-electron chi connectivity index (χ0n) is 16.4. The molecule has 0 saturated carbocycles. The number of benzene rings is 2. The van der Waals surface area contributed by atoms with Crippen LogP contribution in [0.15, 0.2) is 58.5 Å². The third kappa shape index (κ3) is 4.32. The van der Waals surface area contributed by atoms with Crippen LogP contribution >= 0.6 is 0 Å². The van der Waals surface area contributed by atoms with Crippen molar-refractivity contribution in [1.82, 2.24) is 4.90 Å². The van der Waals surface area contributed by atoms with E-state index in [2.05, 4.69) is 39.3 Å². The lowest BCUT2D eigenvalue weighted by Gasteiger charge is -2.41. The Bertz CT molecular complexity index is 908. The summed E-state index contributed by atoms with van der Waals surface area (Å²) in [6, 6.07) is 14.6. The van der Waals surface area contributed by atoms with Crippen molar-refractivity contribution in [2.24, 2.45) is 15.7 Å². The van der Waals surface area contributed by atoms with Crippen LogP contribution < -0.4 is 16.0 Å². The monoisotopic (exact) mass is 396 g/mol. The number of ether oxygens (including phenoxy) is 1. The Kier molecular flexibility index (Phi) is 5.62. The summed E-state index contributed by atoms with van der Waals surface area (Å²) in [7, 11) is 0. The molecule has 1 fully saturated rings. The van der Waals surface area contributed by atoms with Crippen LogP contribution in [0.25, 0.3) is 0 Å². The fourth-order valence-corrected chi connectivity index (χ4v) is 3.43. The van der Waals surface area contributed by atoms with Gasteiger partial charge in [-0.05, 0) is 42.3 Å². The van der Waals surface area contributed by atoms with E-state index in [4.69, 9.17) is 10.5 Å². The second kappa shape index (κ2) is 8.48. The van der Waals surface area contributed by atoms with Crippen molar-refractivity contribution in [3.8, 4) is 0 Å². The fraction of sp³-hybridized carbons (Fsp3) is 0.333. The Morgan fingerprint density at radius 3 is 2.62 bits per heavy atom. The largest absolute Gasteiger partial charge is 0.378 e.